The number of halogens is 3. The highest BCUT2D eigenvalue weighted by atomic mass is 32.1. The fraction of sp³-hybridized carbons (Fsp3) is 0.190. The molecular weight excluding hydrogens is 385 g/mol. The van der Waals surface area contributed by atoms with Crippen molar-refractivity contribution in [3.05, 3.63) is 75.9 Å². The lowest BCUT2D eigenvalue weighted by atomic mass is 9.99. The number of carbonyl (C=O) groups excluding carboxylic acids is 1. The van der Waals surface area contributed by atoms with Crippen LogP contribution in [0, 0.1) is 34.7 Å². The third kappa shape index (κ3) is 3.32. The lowest BCUT2D eigenvalue weighted by Crippen LogP contribution is -2.13. The third-order valence-electron chi connectivity index (χ3n) is 4.83. The Morgan fingerprint density at radius 2 is 1.89 bits per heavy atom. The van der Waals surface area contributed by atoms with Gasteiger partial charge in [-0.05, 0) is 42.2 Å². The number of hydrogen-bond donors (Lipinski definition) is 0. The van der Waals surface area contributed by atoms with Crippen molar-refractivity contribution in [2.24, 2.45) is 5.92 Å². The van der Waals surface area contributed by atoms with E-state index in [1.54, 1.807) is 12.1 Å². The number of nitriles is 1. The Hall–Kier alpha value is -2.98. The summed E-state index contributed by atoms with van der Waals surface area (Å²) in [5.41, 5.74) is 0.502. The Labute approximate surface area is 163 Å². The minimum atomic E-state index is -1.11. The average molecular weight is 398 g/mol. The Kier molecular flexibility index (Phi) is 4.73. The van der Waals surface area contributed by atoms with Gasteiger partial charge in [-0.2, -0.15) is 5.26 Å². The van der Waals surface area contributed by atoms with Gasteiger partial charge in [-0.15, -0.1) is 11.3 Å². The summed E-state index contributed by atoms with van der Waals surface area (Å²) in [6.45, 7) is 0. The maximum Gasteiger partial charge on any atom is 0.160 e. The molecule has 3 aromatic rings. The van der Waals surface area contributed by atoms with Crippen molar-refractivity contribution in [1.29, 1.82) is 5.26 Å². The summed E-state index contributed by atoms with van der Waals surface area (Å²) in [6, 6.07) is 11.5. The molecule has 3 atom stereocenters. The van der Waals surface area contributed by atoms with Crippen LogP contribution in [0.3, 0.4) is 0 Å². The van der Waals surface area contributed by atoms with Gasteiger partial charge in [0.2, 0.25) is 0 Å². The largest absolute Gasteiger partial charge is 0.297 e. The number of aromatic nitrogens is 1. The maximum absolute atomic E-state index is 14.0. The van der Waals surface area contributed by atoms with Crippen LogP contribution in [0.15, 0.2) is 47.8 Å². The summed E-state index contributed by atoms with van der Waals surface area (Å²) in [5, 5.41) is 11.1. The molecule has 1 saturated carbocycles. The minimum absolute atomic E-state index is 0.0566. The fourth-order valence-electron chi connectivity index (χ4n) is 3.35. The summed E-state index contributed by atoms with van der Waals surface area (Å²) < 4.78 is 41.3. The van der Waals surface area contributed by atoms with E-state index in [0.717, 1.165) is 29.0 Å². The van der Waals surface area contributed by atoms with Crippen molar-refractivity contribution in [3.8, 4) is 17.3 Å². The van der Waals surface area contributed by atoms with E-state index in [-0.39, 0.29) is 39.7 Å². The van der Waals surface area contributed by atoms with Crippen molar-refractivity contribution < 1.29 is 18.0 Å². The lowest BCUT2D eigenvalue weighted by molar-refractivity contribution is -0.120. The molecule has 1 fully saturated rings. The molecule has 0 unspecified atom stereocenters. The molecule has 0 radical (unpaired) electrons. The molecule has 140 valence electrons. The molecule has 0 spiro atoms. The van der Waals surface area contributed by atoms with Crippen LogP contribution >= 0.6 is 11.3 Å². The molecule has 0 amide bonds. The van der Waals surface area contributed by atoms with E-state index in [1.165, 1.54) is 23.6 Å². The van der Waals surface area contributed by atoms with E-state index in [0.29, 0.717) is 6.42 Å². The van der Waals surface area contributed by atoms with Crippen LogP contribution < -0.4 is 0 Å². The van der Waals surface area contributed by atoms with Gasteiger partial charge in [0.05, 0.1) is 17.3 Å². The second-order valence-corrected chi connectivity index (χ2v) is 7.53. The lowest BCUT2D eigenvalue weighted by Gasteiger charge is -2.05. The monoisotopic (exact) mass is 398 g/mol. The predicted molar refractivity (Wildman–Crippen MR) is 98.1 cm³/mol. The second-order valence-electron chi connectivity index (χ2n) is 6.64. The van der Waals surface area contributed by atoms with Gasteiger partial charge in [-0.1, -0.05) is 18.2 Å². The third-order valence-corrected chi connectivity index (χ3v) is 5.74. The van der Waals surface area contributed by atoms with Crippen molar-refractivity contribution >= 4 is 17.1 Å². The number of Topliss-reactive ketones (excluding diaryl/α,β-unsaturated/α-hetero) is 1. The molecule has 3 nitrogen and oxygen atoms in total. The quantitative estimate of drug-likeness (QED) is 0.593. The molecule has 7 heteroatoms. The Morgan fingerprint density at radius 3 is 2.57 bits per heavy atom. The Balaban J connectivity index is 1.57. The first-order chi connectivity index (χ1) is 13.5. The van der Waals surface area contributed by atoms with Crippen LogP contribution in [0.4, 0.5) is 13.2 Å². The van der Waals surface area contributed by atoms with Gasteiger partial charge >= 0.3 is 0 Å². The average Bonchev–Trinajstić information content (AvgIpc) is 3.34. The molecule has 1 aliphatic carbocycles. The maximum atomic E-state index is 14.0. The van der Waals surface area contributed by atoms with Crippen LogP contribution in [-0.4, -0.2) is 10.8 Å². The Bertz CT molecular complexity index is 1080. The van der Waals surface area contributed by atoms with Crippen LogP contribution in [0.1, 0.15) is 28.8 Å². The number of nitrogens with zero attached hydrogens (tertiary/aromatic N) is 2. The summed E-state index contributed by atoms with van der Waals surface area (Å²) in [5.74, 6) is -3.81. The van der Waals surface area contributed by atoms with E-state index in [4.69, 9.17) is 0 Å². The predicted octanol–water partition coefficient (Wildman–Crippen LogP) is 5.21. The van der Waals surface area contributed by atoms with Crippen molar-refractivity contribution in [2.75, 3.05) is 0 Å². The molecule has 0 N–H and O–H groups in total. The molecule has 4 rings (SSSR count). The summed E-state index contributed by atoms with van der Waals surface area (Å²) in [4.78, 5) is 16.9. The normalized spacial score (nSPS) is 19.1. The van der Waals surface area contributed by atoms with E-state index >= 15 is 0 Å². The van der Waals surface area contributed by atoms with Gasteiger partial charge in [0, 0.05) is 11.3 Å². The van der Waals surface area contributed by atoms with Gasteiger partial charge in [0.1, 0.15) is 22.5 Å². The van der Waals surface area contributed by atoms with Crippen molar-refractivity contribution in [1.82, 2.24) is 4.98 Å². The zero-order valence-electron chi connectivity index (χ0n) is 14.4. The summed E-state index contributed by atoms with van der Waals surface area (Å²) in [6.07, 6.45) is 0.542. The number of thiazole rings is 1. The van der Waals surface area contributed by atoms with E-state index < -0.39 is 17.6 Å². The van der Waals surface area contributed by atoms with E-state index in [1.807, 2.05) is 6.07 Å². The molecule has 28 heavy (non-hydrogen) atoms. The molecule has 2 aromatic carbocycles. The first-order valence-corrected chi connectivity index (χ1v) is 9.46. The smallest absolute Gasteiger partial charge is 0.160 e. The summed E-state index contributed by atoms with van der Waals surface area (Å²) >= 11 is 1.02. The van der Waals surface area contributed by atoms with Gasteiger partial charge in [0.25, 0.3) is 0 Å². The van der Waals surface area contributed by atoms with Crippen LogP contribution in [-0.2, 0) is 4.79 Å². The van der Waals surface area contributed by atoms with Crippen LogP contribution in [0.2, 0.25) is 0 Å². The number of benzene rings is 2. The number of hydrogen-bond acceptors (Lipinski definition) is 4. The second kappa shape index (κ2) is 7.21. The number of ketones is 1. The molecule has 0 saturated heterocycles. The van der Waals surface area contributed by atoms with E-state index in [9.17, 15) is 23.2 Å². The topological polar surface area (TPSA) is 53.8 Å². The van der Waals surface area contributed by atoms with Crippen molar-refractivity contribution in [2.45, 2.75) is 18.3 Å². The highest BCUT2D eigenvalue weighted by Crippen LogP contribution is 2.50. The first kappa shape index (κ1) is 18.4. The molecule has 0 aliphatic heterocycles. The van der Waals surface area contributed by atoms with Gasteiger partial charge in [-0.25, -0.2) is 18.2 Å². The SMILES string of the molecule is N#C[C@H](C(=O)[C@@H]1C[C@H]1c1cccc(F)c1)c1nc(-c2c(F)cccc2F)cs1. The molecule has 1 aromatic heterocycles. The van der Waals surface area contributed by atoms with Gasteiger partial charge in [0.15, 0.2) is 11.7 Å². The zero-order valence-corrected chi connectivity index (χ0v) is 15.2. The number of carbonyl (C=O) groups is 1. The van der Waals surface area contributed by atoms with Crippen molar-refractivity contribution in [3.63, 3.8) is 0 Å². The van der Waals surface area contributed by atoms with Crippen LogP contribution in [0.25, 0.3) is 11.3 Å². The Morgan fingerprint density at radius 1 is 1.18 bits per heavy atom. The molecular formula is C21H13F3N2OS. The molecule has 1 aliphatic rings. The zero-order chi connectivity index (χ0) is 19.8. The highest BCUT2D eigenvalue weighted by molar-refractivity contribution is 7.10. The van der Waals surface area contributed by atoms with Crippen LogP contribution in [0.5, 0.6) is 0 Å². The minimum Gasteiger partial charge on any atom is -0.297 e. The molecule has 1 heterocycles. The fourth-order valence-corrected chi connectivity index (χ4v) is 4.21. The first-order valence-electron chi connectivity index (χ1n) is 8.58. The van der Waals surface area contributed by atoms with Gasteiger partial charge in [-0.3, -0.25) is 4.79 Å². The summed E-state index contributed by atoms with van der Waals surface area (Å²) in [7, 11) is 0. The van der Waals surface area contributed by atoms with E-state index in [2.05, 4.69) is 4.98 Å². The standard InChI is InChI=1S/C21H13F3N2OS/c22-12-4-1-3-11(7-12)13-8-14(13)20(27)15(9-25)21-26-18(10-28-21)19-16(23)5-2-6-17(19)24/h1-7,10,13-15H,8H2/t13-,14+,15+/m0/s1. The highest BCUT2D eigenvalue weighted by Gasteiger charge is 2.47. The van der Waals surface area contributed by atoms with Gasteiger partial charge < -0.3 is 0 Å². The number of rotatable bonds is 5. The molecule has 0 bridgehead atoms.